The van der Waals surface area contributed by atoms with E-state index in [1.165, 1.54) is 30.5 Å². The second-order valence-corrected chi connectivity index (χ2v) is 3.69. The number of para-hydroxylation sites is 2. The third-order valence-corrected chi connectivity index (χ3v) is 2.78. The van der Waals surface area contributed by atoms with Crippen LogP contribution < -0.4 is 0 Å². The van der Waals surface area contributed by atoms with Gasteiger partial charge in [-0.2, -0.15) is 0 Å². The molecule has 2 nitrogen and oxygen atoms in total. The molecule has 0 aliphatic heterocycles. The minimum atomic E-state index is 1.08. The molecule has 2 heteroatoms. The molecular formula is C12H12N2. The van der Waals surface area contributed by atoms with Crippen molar-refractivity contribution in [1.29, 1.82) is 0 Å². The van der Waals surface area contributed by atoms with Crippen LogP contribution in [0.2, 0.25) is 0 Å². The lowest BCUT2D eigenvalue weighted by Crippen LogP contribution is -1.91. The first-order valence-corrected chi connectivity index (χ1v) is 5.07. The molecule has 70 valence electrons. The quantitative estimate of drug-likeness (QED) is 0.666. The van der Waals surface area contributed by atoms with Crippen LogP contribution >= 0.6 is 0 Å². The molecule has 0 atom stereocenters. The summed E-state index contributed by atoms with van der Waals surface area (Å²) in [7, 11) is 0. The van der Waals surface area contributed by atoms with Gasteiger partial charge in [-0.15, -0.1) is 0 Å². The van der Waals surface area contributed by atoms with Gasteiger partial charge in [-0.25, -0.2) is 4.98 Å². The van der Waals surface area contributed by atoms with Crippen LogP contribution in [0.25, 0.3) is 16.7 Å². The monoisotopic (exact) mass is 184 g/mol. The summed E-state index contributed by atoms with van der Waals surface area (Å²) in [4.78, 5) is 4.39. The highest BCUT2D eigenvalue weighted by molar-refractivity contribution is 5.79. The second-order valence-electron chi connectivity index (χ2n) is 3.69. The molecule has 3 rings (SSSR count). The third-order valence-electron chi connectivity index (χ3n) is 2.78. The number of imidazole rings is 1. The van der Waals surface area contributed by atoms with E-state index in [0.717, 1.165) is 5.52 Å². The van der Waals surface area contributed by atoms with Crippen molar-refractivity contribution in [2.75, 3.05) is 0 Å². The summed E-state index contributed by atoms with van der Waals surface area (Å²) in [6.45, 7) is 0. The van der Waals surface area contributed by atoms with Crippen LogP contribution in [-0.2, 0) is 0 Å². The van der Waals surface area contributed by atoms with E-state index >= 15 is 0 Å². The zero-order chi connectivity index (χ0) is 9.38. The average molecular weight is 184 g/mol. The molecule has 2 aromatic rings. The number of allylic oxidation sites excluding steroid dienone is 2. The Balaban J connectivity index is 2.21. The van der Waals surface area contributed by atoms with Crippen LogP contribution in [0.3, 0.4) is 0 Å². The predicted molar refractivity (Wildman–Crippen MR) is 57.9 cm³/mol. The molecule has 1 aromatic carbocycles. The summed E-state index contributed by atoms with van der Waals surface area (Å²) < 4.78 is 2.21. The molecule has 0 unspecified atom stereocenters. The topological polar surface area (TPSA) is 17.8 Å². The van der Waals surface area contributed by atoms with E-state index in [4.69, 9.17) is 0 Å². The first-order valence-electron chi connectivity index (χ1n) is 5.07. The lowest BCUT2D eigenvalue weighted by molar-refractivity contribution is 0.909. The Hall–Kier alpha value is -1.57. The maximum Gasteiger partial charge on any atom is 0.100 e. The van der Waals surface area contributed by atoms with Gasteiger partial charge < -0.3 is 4.57 Å². The molecule has 14 heavy (non-hydrogen) atoms. The lowest BCUT2D eigenvalue weighted by atomic mass is 10.3. The van der Waals surface area contributed by atoms with E-state index in [9.17, 15) is 0 Å². The van der Waals surface area contributed by atoms with Crippen LogP contribution in [0.1, 0.15) is 19.3 Å². The first kappa shape index (κ1) is 7.80. The number of hydrogen-bond donors (Lipinski definition) is 0. The predicted octanol–water partition coefficient (Wildman–Crippen LogP) is 3.06. The van der Waals surface area contributed by atoms with Crippen LogP contribution in [0.5, 0.6) is 0 Å². The largest absolute Gasteiger partial charge is 0.303 e. The Labute approximate surface area is 82.9 Å². The standard InChI is InChI=1S/C12H12N2/c1-2-6-10(5-1)14-9-13-11-7-3-4-8-12(11)14/h3-5,7-9H,1-2,6H2. The van der Waals surface area contributed by atoms with Gasteiger partial charge in [0.05, 0.1) is 11.0 Å². The van der Waals surface area contributed by atoms with Gasteiger partial charge in [0.15, 0.2) is 0 Å². The molecule has 1 aliphatic carbocycles. The van der Waals surface area contributed by atoms with E-state index in [1.54, 1.807) is 0 Å². The molecule has 0 radical (unpaired) electrons. The van der Waals surface area contributed by atoms with Crippen molar-refractivity contribution in [2.45, 2.75) is 19.3 Å². The number of benzene rings is 1. The summed E-state index contributed by atoms with van der Waals surface area (Å²) in [6, 6.07) is 8.28. The van der Waals surface area contributed by atoms with Crippen LogP contribution in [0.4, 0.5) is 0 Å². The van der Waals surface area contributed by atoms with E-state index in [2.05, 4.69) is 33.8 Å². The summed E-state index contributed by atoms with van der Waals surface area (Å²) in [5, 5.41) is 0. The minimum Gasteiger partial charge on any atom is -0.303 e. The van der Waals surface area contributed by atoms with Crippen molar-refractivity contribution in [3.63, 3.8) is 0 Å². The molecule has 0 fully saturated rings. The van der Waals surface area contributed by atoms with Crippen LogP contribution in [0, 0.1) is 0 Å². The normalized spacial score (nSPS) is 16.1. The summed E-state index contributed by atoms with van der Waals surface area (Å²) in [5.74, 6) is 0. The Morgan fingerprint density at radius 3 is 3.00 bits per heavy atom. The van der Waals surface area contributed by atoms with Gasteiger partial charge in [0.25, 0.3) is 0 Å². The Kier molecular flexibility index (Phi) is 1.66. The highest BCUT2D eigenvalue weighted by Crippen LogP contribution is 2.25. The average Bonchev–Trinajstić information content (AvgIpc) is 2.85. The summed E-state index contributed by atoms with van der Waals surface area (Å²) in [6.07, 6.45) is 7.92. The molecule has 0 bridgehead atoms. The number of aromatic nitrogens is 2. The maximum absolute atomic E-state index is 4.39. The Morgan fingerprint density at radius 1 is 1.21 bits per heavy atom. The minimum absolute atomic E-state index is 1.08. The third kappa shape index (κ3) is 1.07. The number of nitrogens with zero attached hydrogens (tertiary/aromatic N) is 2. The maximum atomic E-state index is 4.39. The van der Waals surface area contributed by atoms with Crippen molar-refractivity contribution in [3.05, 3.63) is 36.7 Å². The van der Waals surface area contributed by atoms with Gasteiger partial charge in [-0.1, -0.05) is 18.2 Å². The van der Waals surface area contributed by atoms with Gasteiger partial charge >= 0.3 is 0 Å². The molecule has 0 amide bonds. The molecule has 1 heterocycles. The molecule has 1 aliphatic rings. The van der Waals surface area contributed by atoms with E-state index < -0.39 is 0 Å². The van der Waals surface area contributed by atoms with Crippen LogP contribution in [-0.4, -0.2) is 9.55 Å². The fourth-order valence-electron chi connectivity index (χ4n) is 2.06. The second kappa shape index (κ2) is 2.98. The molecule has 1 aromatic heterocycles. The SMILES string of the molecule is C1=C(n2cnc3ccccc32)CCC1. The Morgan fingerprint density at radius 2 is 2.14 bits per heavy atom. The van der Waals surface area contributed by atoms with Gasteiger partial charge in [0.2, 0.25) is 0 Å². The van der Waals surface area contributed by atoms with Crippen molar-refractivity contribution < 1.29 is 0 Å². The van der Waals surface area contributed by atoms with Crippen LogP contribution in [0.15, 0.2) is 36.7 Å². The fraction of sp³-hybridized carbons (Fsp3) is 0.250. The lowest BCUT2D eigenvalue weighted by Gasteiger charge is -2.03. The number of fused-ring (bicyclic) bond motifs is 1. The number of hydrogen-bond acceptors (Lipinski definition) is 1. The van der Waals surface area contributed by atoms with Gasteiger partial charge in [-0.05, 0) is 31.4 Å². The molecular weight excluding hydrogens is 172 g/mol. The van der Waals surface area contributed by atoms with Crippen molar-refractivity contribution in [3.8, 4) is 0 Å². The zero-order valence-corrected chi connectivity index (χ0v) is 7.98. The van der Waals surface area contributed by atoms with E-state index in [0.29, 0.717) is 0 Å². The van der Waals surface area contributed by atoms with Gasteiger partial charge in [-0.3, -0.25) is 0 Å². The van der Waals surface area contributed by atoms with E-state index in [-0.39, 0.29) is 0 Å². The van der Waals surface area contributed by atoms with Gasteiger partial charge in [0.1, 0.15) is 6.33 Å². The fourth-order valence-corrected chi connectivity index (χ4v) is 2.06. The van der Waals surface area contributed by atoms with Crippen molar-refractivity contribution >= 4 is 16.7 Å². The first-order chi connectivity index (χ1) is 6.95. The van der Waals surface area contributed by atoms with Crippen molar-refractivity contribution in [1.82, 2.24) is 9.55 Å². The Bertz CT molecular complexity index is 494. The summed E-state index contributed by atoms with van der Waals surface area (Å²) in [5.41, 5.74) is 3.71. The highest BCUT2D eigenvalue weighted by Gasteiger charge is 2.09. The molecule has 0 spiro atoms. The van der Waals surface area contributed by atoms with Crippen molar-refractivity contribution in [2.24, 2.45) is 0 Å². The molecule has 0 N–H and O–H groups in total. The summed E-state index contributed by atoms with van der Waals surface area (Å²) >= 11 is 0. The van der Waals surface area contributed by atoms with Gasteiger partial charge in [0, 0.05) is 5.70 Å². The number of rotatable bonds is 1. The molecule has 0 saturated heterocycles. The molecule has 0 saturated carbocycles. The highest BCUT2D eigenvalue weighted by atomic mass is 15.1. The zero-order valence-electron chi connectivity index (χ0n) is 7.98. The van der Waals surface area contributed by atoms with E-state index in [1.807, 2.05) is 12.4 Å². The smallest absolute Gasteiger partial charge is 0.100 e.